The Bertz CT molecular complexity index is 1120. The van der Waals surface area contributed by atoms with E-state index in [0.717, 1.165) is 27.2 Å². The van der Waals surface area contributed by atoms with Crippen LogP contribution in [0.5, 0.6) is 5.75 Å². The maximum absolute atomic E-state index is 12.6. The molecule has 0 unspecified atom stereocenters. The van der Waals surface area contributed by atoms with Gasteiger partial charge in [0.1, 0.15) is 17.4 Å². The molecule has 142 valence electrons. The van der Waals surface area contributed by atoms with Crippen molar-refractivity contribution in [1.29, 1.82) is 0 Å². The fourth-order valence-electron chi connectivity index (χ4n) is 2.79. The number of amides is 1. The summed E-state index contributed by atoms with van der Waals surface area (Å²) in [5.74, 6) is 0.979. The molecule has 8 heteroatoms. The molecule has 28 heavy (non-hydrogen) atoms. The maximum atomic E-state index is 12.6. The zero-order valence-electron chi connectivity index (χ0n) is 15.5. The Balaban J connectivity index is 1.41. The highest BCUT2D eigenvalue weighted by molar-refractivity contribution is 7.09. The van der Waals surface area contributed by atoms with Crippen LogP contribution in [-0.4, -0.2) is 33.0 Å². The van der Waals surface area contributed by atoms with Crippen molar-refractivity contribution in [2.24, 2.45) is 0 Å². The summed E-state index contributed by atoms with van der Waals surface area (Å²) in [6.07, 6.45) is 3.51. The van der Waals surface area contributed by atoms with E-state index in [4.69, 9.17) is 9.26 Å². The standard InChI is InChI=1S/C20H18N4O3S/c1-13-12-28-19(22-13)10-24(2)20(25)17-8-15(27-23-17)11-26-18-5-3-4-14-9-21-7-6-16(14)18/h3-9,12H,10-11H2,1-2H3. The molecule has 0 bridgehead atoms. The molecule has 0 saturated carbocycles. The number of rotatable bonds is 6. The Morgan fingerprint density at radius 2 is 2.21 bits per heavy atom. The fraction of sp³-hybridized carbons (Fsp3) is 0.200. The van der Waals surface area contributed by atoms with E-state index in [9.17, 15) is 4.79 Å². The van der Waals surface area contributed by atoms with E-state index >= 15 is 0 Å². The minimum absolute atomic E-state index is 0.178. The van der Waals surface area contributed by atoms with E-state index < -0.39 is 0 Å². The van der Waals surface area contributed by atoms with Gasteiger partial charge in [-0.2, -0.15) is 0 Å². The molecule has 0 aliphatic carbocycles. The number of carbonyl (C=O) groups is 1. The third kappa shape index (κ3) is 3.86. The summed E-state index contributed by atoms with van der Waals surface area (Å²) in [6, 6.07) is 9.27. The molecule has 4 aromatic rings. The Labute approximate surface area is 165 Å². The van der Waals surface area contributed by atoms with Gasteiger partial charge in [-0.1, -0.05) is 17.3 Å². The van der Waals surface area contributed by atoms with Crippen LogP contribution in [0.4, 0.5) is 0 Å². The van der Waals surface area contributed by atoms with E-state index in [1.165, 1.54) is 11.3 Å². The van der Waals surface area contributed by atoms with Crippen LogP contribution < -0.4 is 4.74 Å². The van der Waals surface area contributed by atoms with E-state index in [1.54, 1.807) is 30.4 Å². The number of pyridine rings is 1. The number of thiazole rings is 1. The van der Waals surface area contributed by atoms with Crippen LogP contribution in [0.1, 0.15) is 27.0 Å². The number of nitrogens with zero attached hydrogens (tertiary/aromatic N) is 4. The molecule has 4 rings (SSSR count). The Morgan fingerprint density at radius 1 is 1.32 bits per heavy atom. The normalized spacial score (nSPS) is 10.9. The quantitative estimate of drug-likeness (QED) is 0.494. The second kappa shape index (κ2) is 7.77. The van der Waals surface area contributed by atoms with Crippen LogP contribution in [0, 0.1) is 6.92 Å². The van der Waals surface area contributed by atoms with Crippen LogP contribution >= 0.6 is 11.3 Å². The van der Waals surface area contributed by atoms with Gasteiger partial charge in [0.05, 0.1) is 6.54 Å². The lowest BCUT2D eigenvalue weighted by Crippen LogP contribution is -2.26. The monoisotopic (exact) mass is 394 g/mol. The number of ether oxygens (including phenoxy) is 1. The first-order chi connectivity index (χ1) is 13.6. The van der Waals surface area contributed by atoms with Crippen molar-refractivity contribution in [3.63, 3.8) is 0 Å². The average molecular weight is 394 g/mol. The van der Waals surface area contributed by atoms with E-state index in [-0.39, 0.29) is 18.2 Å². The topological polar surface area (TPSA) is 81.4 Å². The number of hydrogen-bond acceptors (Lipinski definition) is 7. The molecule has 0 aliphatic heterocycles. The third-order valence-electron chi connectivity index (χ3n) is 4.17. The molecule has 0 saturated heterocycles. The second-order valence-corrected chi connectivity index (χ2v) is 7.31. The Morgan fingerprint density at radius 3 is 3.04 bits per heavy atom. The largest absolute Gasteiger partial charge is 0.485 e. The smallest absolute Gasteiger partial charge is 0.276 e. The van der Waals surface area contributed by atoms with Gasteiger partial charge in [0.2, 0.25) is 0 Å². The van der Waals surface area contributed by atoms with Crippen LogP contribution in [0.25, 0.3) is 10.8 Å². The van der Waals surface area contributed by atoms with Crippen LogP contribution in [0.3, 0.4) is 0 Å². The van der Waals surface area contributed by atoms with Crippen molar-refractivity contribution >= 4 is 28.0 Å². The van der Waals surface area contributed by atoms with Crippen LogP contribution in [0.15, 0.2) is 52.6 Å². The van der Waals surface area contributed by atoms with Gasteiger partial charge < -0.3 is 14.2 Å². The van der Waals surface area contributed by atoms with Crippen LogP contribution in [-0.2, 0) is 13.2 Å². The lowest BCUT2D eigenvalue weighted by atomic mass is 10.1. The van der Waals surface area contributed by atoms with Gasteiger partial charge in [-0.15, -0.1) is 11.3 Å². The summed E-state index contributed by atoms with van der Waals surface area (Å²) < 4.78 is 11.1. The van der Waals surface area contributed by atoms with Gasteiger partial charge in [0.15, 0.2) is 11.5 Å². The molecule has 0 atom stereocenters. The summed E-state index contributed by atoms with van der Waals surface area (Å²) in [5.41, 5.74) is 1.20. The molecule has 0 fully saturated rings. The molecule has 1 aromatic carbocycles. The first-order valence-electron chi connectivity index (χ1n) is 8.68. The van der Waals surface area contributed by atoms with Crippen molar-refractivity contribution in [2.75, 3.05) is 7.05 Å². The number of benzene rings is 1. The zero-order chi connectivity index (χ0) is 19.5. The maximum Gasteiger partial charge on any atom is 0.276 e. The molecule has 1 amide bonds. The number of hydrogen-bond donors (Lipinski definition) is 0. The summed E-state index contributed by atoms with van der Waals surface area (Å²) in [4.78, 5) is 22.6. The van der Waals surface area contributed by atoms with Gasteiger partial charge in [-0.3, -0.25) is 9.78 Å². The zero-order valence-corrected chi connectivity index (χ0v) is 16.3. The minimum Gasteiger partial charge on any atom is -0.485 e. The number of carbonyl (C=O) groups excluding carboxylic acids is 1. The first kappa shape index (κ1) is 18.1. The summed E-state index contributed by atoms with van der Waals surface area (Å²) in [7, 11) is 1.72. The van der Waals surface area contributed by atoms with E-state index in [0.29, 0.717) is 12.3 Å². The van der Waals surface area contributed by atoms with Gasteiger partial charge in [0.25, 0.3) is 5.91 Å². The SMILES string of the molecule is Cc1csc(CN(C)C(=O)c2cc(COc3cccc4cnccc34)on2)n1. The molecule has 0 aliphatic rings. The van der Waals surface area contributed by atoms with Crippen molar-refractivity contribution in [1.82, 2.24) is 20.0 Å². The predicted octanol–water partition coefficient (Wildman–Crippen LogP) is 3.84. The molecular weight excluding hydrogens is 376 g/mol. The molecule has 3 aromatic heterocycles. The van der Waals surface area contributed by atoms with Gasteiger partial charge in [0, 0.05) is 47.4 Å². The third-order valence-corrected chi connectivity index (χ3v) is 5.13. The lowest BCUT2D eigenvalue weighted by Gasteiger charge is -2.13. The summed E-state index contributed by atoms with van der Waals surface area (Å²) in [5, 5.41) is 8.68. The summed E-state index contributed by atoms with van der Waals surface area (Å²) >= 11 is 1.53. The molecule has 0 spiro atoms. The van der Waals surface area contributed by atoms with E-state index in [1.807, 2.05) is 36.6 Å². The second-order valence-electron chi connectivity index (χ2n) is 6.36. The summed E-state index contributed by atoms with van der Waals surface area (Å²) in [6.45, 7) is 2.54. The molecule has 0 radical (unpaired) electrons. The van der Waals surface area contributed by atoms with Gasteiger partial charge in [-0.05, 0) is 19.1 Å². The van der Waals surface area contributed by atoms with Crippen molar-refractivity contribution in [3.8, 4) is 5.75 Å². The predicted molar refractivity (Wildman–Crippen MR) is 105 cm³/mol. The highest BCUT2D eigenvalue weighted by Gasteiger charge is 2.18. The van der Waals surface area contributed by atoms with Gasteiger partial charge in [-0.25, -0.2) is 4.98 Å². The molecule has 3 heterocycles. The Hall–Kier alpha value is -3.26. The molecular formula is C20H18N4O3S. The highest BCUT2D eigenvalue weighted by atomic mass is 32.1. The minimum atomic E-state index is -0.223. The van der Waals surface area contributed by atoms with Crippen molar-refractivity contribution in [3.05, 3.63) is 70.3 Å². The van der Waals surface area contributed by atoms with Crippen molar-refractivity contribution in [2.45, 2.75) is 20.1 Å². The van der Waals surface area contributed by atoms with Gasteiger partial charge >= 0.3 is 0 Å². The van der Waals surface area contributed by atoms with Crippen LogP contribution in [0.2, 0.25) is 0 Å². The highest BCUT2D eigenvalue weighted by Crippen LogP contribution is 2.25. The Kier molecular flexibility index (Phi) is 5.03. The molecule has 7 nitrogen and oxygen atoms in total. The first-order valence-corrected chi connectivity index (χ1v) is 9.56. The van der Waals surface area contributed by atoms with E-state index in [2.05, 4.69) is 15.1 Å². The average Bonchev–Trinajstić information content (AvgIpc) is 3.34. The molecule has 0 N–H and O–H groups in total. The number of fused-ring (bicyclic) bond motifs is 1. The number of aryl methyl sites for hydroxylation is 1. The number of aromatic nitrogens is 3. The fourth-order valence-corrected chi connectivity index (χ4v) is 3.62. The van der Waals surface area contributed by atoms with Crippen molar-refractivity contribution < 1.29 is 14.1 Å². The lowest BCUT2D eigenvalue weighted by molar-refractivity contribution is 0.0774.